The molecule has 0 saturated heterocycles. The molecule has 3 aromatic heterocycles. The van der Waals surface area contributed by atoms with Gasteiger partial charge in [-0.05, 0) is 37.1 Å². The van der Waals surface area contributed by atoms with Gasteiger partial charge in [0.25, 0.3) is 11.5 Å². The van der Waals surface area contributed by atoms with Crippen LogP contribution in [0, 0.1) is 6.92 Å². The molecule has 1 unspecified atom stereocenters. The highest BCUT2D eigenvalue weighted by atomic mass is 16.2. The lowest BCUT2D eigenvalue weighted by atomic mass is 10.1. The largest absolute Gasteiger partial charge is 0.344 e. The van der Waals surface area contributed by atoms with Gasteiger partial charge in [-0.1, -0.05) is 36.4 Å². The van der Waals surface area contributed by atoms with Crippen LogP contribution in [0.1, 0.15) is 34.6 Å². The second-order valence-electron chi connectivity index (χ2n) is 6.78. The highest BCUT2D eigenvalue weighted by Crippen LogP contribution is 2.17. The Labute approximate surface area is 156 Å². The Morgan fingerprint density at radius 3 is 2.63 bits per heavy atom. The summed E-state index contributed by atoms with van der Waals surface area (Å²) in [6, 6.07) is 14.9. The molecule has 0 radical (unpaired) electrons. The zero-order valence-corrected chi connectivity index (χ0v) is 15.4. The van der Waals surface area contributed by atoms with Crippen molar-refractivity contribution in [2.45, 2.75) is 19.9 Å². The molecule has 1 N–H and O–H groups in total. The second kappa shape index (κ2) is 6.39. The molecule has 0 aliphatic rings. The summed E-state index contributed by atoms with van der Waals surface area (Å²) < 4.78 is 3.19. The summed E-state index contributed by atoms with van der Waals surface area (Å²) in [6.07, 6.45) is 1.76. The number of carbonyl (C=O) groups is 1. The number of nitrogens with one attached hydrogen (secondary N) is 1. The van der Waals surface area contributed by atoms with Crippen molar-refractivity contribution in [1.29, 1.82) is 0 Å². The smallest absolute Gasteiger partial charge is 0.268 e. The lowest BCUT2D eigenvalue weighted by Gasteiger charge is -2.14. The third-order valence-corrected chi connectivity index (χ3v) is 4.83. The number of aryl methyl sites for hydroxylation is 2. The maximum absolute atomic E-state index is 12.8. The number of hydrogen-bond acceptors (Lipinski definition) is 3. The summed E-state index contributed by atoms with van der Waals surface area (Å²) >= 11 is 0. The van der Waals surface area contributed by atoms with Gasteiger partial charge in [-0.25, -0.2) is 4.98 Å². The molecule has 0 fully saturated rings. The summed E-state index contributed by atoms with van der Waals surface area (Å²) in [5, 5.41) is 3.42. The molecule has 0 aliphatic carbocycles. The van der Waals surface area contributed by atoms with Crippen LogP contribution in [-0.2, 0) is 7.05 Å². The predicted molar refractivity (Wildman–Crippen MR) is 105 cm³/mol. The number of benzene rings is 1. The first kappa shape index (κ1) is 17.0. The van der Waals surface area contributed by atoms with Crippen molar-refractivity contribution in [3.8, 4) is 0 Å². The highest BCUT2D eigenvalue weighted by molar-refractivity contribution is 5.98. The average Bonchev–Trinajstić information content (AvgIpc) is 3.00. The average molecular weight is 360 g/mol. The van der Waals surface area contributed by atoms with E-state index in [0.717, 1.165) is 11.1 Å². The maximum Gasteiger partial charge on any atom is 0.268 e. The van der Waals surface area contributed by atoms with E-state index in [2.05, 4.69) is 10.3 Å². The Balaban J connectivity index is 1.77. The number of aromatic nitrogens is 3. The number of nitrogens with zero attached hydrogens (tertiary/aromatic N) is 3. The van der Waals surface area contributed by atoms with E-state index in [0.29, 0.717) is 22.4 Å². The summed E-state index contributed by atoms with van der Waals surface area (Å²) in [7, 11) is 1.75. The van der Waals surface area contributed by atoms with Gasteiger partial charge in [0.15, 0.2) is 0 Å². The monoisotopic (exact) mass is 360 g/mol. The molecule has 27 heavy (non-hydrogen) atoms. The molecule has 1 amide bonds. The predicted octanol–water partition coefficient (Wildman–Crippen LogP) is 2.99. The number of amides is 1. The van der Waals surface area contributed by atoms with Crippen molar-refractivity contribution >= 4 is 22.6 Å². The molecular weight excluding hydrogens is 340 g/mol. The molecule has 0 aliphatic heterocycles. The van der Waals surface area contributed by atoms with Crippen LogP contribution in [0.2, 0.25) is 0 Å². The van der Waals surface area contributed by atoms with Gasteiger partial charge < -0.3 is 9.88 Å². The molecule has 0 bridgehead atoms. The molecule has 4 aromatic rings. The van der Waals surface area contributed by atoms with Crippen molar-refractivity contribution in [3.05, 3.63) is 81.9 Å². The van der Waals surface area contributed by atoms with Crippen LogP contribution in [0.25, 0.3) is 16.7 Å². The van der Waals surface area contributed by atoms with Crippen molar-refractivity contribution in [3.63, 3.8) is 0 Å². The zero-order valence-electron chi connectivity index (χ0n) is 15.4. The van der Waals surface area contributed by atoms with Crippen LogP contribution >= 0.6 is 0 Å². The number of hydrogen-bond donors (Lipinski definition) is 1. The number of rotatable bonds is 3. The zero-order chi connectivity index (χ0) is 19.1. The minimum absolute atomic E-state index is 0.146. The van der Waals surface area contributed by atoms with Crippen LogP contribution in [-0.4, -0.2) is 19.9 Å². The highest BCUT2D eigenvalue weighted by Gasteiger charge is 2.19. The number of carbonyl (C=O) groups excluding carboxylic acids is 1. The van der Waals surface area contributed by atoms with E-state index in [1.54, 1.807) is 29.9 Å². The van der Waals surface area contributed by atoms with Crippen LogP contribution in [0.3, 0.4) is 0 Å². The van der Waals surface area contributed by atoms with Gasteiger partial charge in [0, 0.05) is 13.2 Å². The van der Waals surface area contributed by atoms with Crippen molar-refractivity contribution < 1.29 is 4.79 Å². The summed E-state index contributed by atoms with van der Waals surface area (Å²) in [4.78, 5) is 30.2. The van der Waals surface area contributed by atoms with Gasteiger partial charge in [0.05, 0.1) is 11.4 Å². The fourth-order valence-electron chi connectivity index (χ4n) is 3.29. The Morgan fingerprint density at radius 1 is 1.15 bits per heavy atom. The Hall–Kier alpha value is -3.41. The SMILES string of the molecule is Cc1ccc2nc3c(cc(C(=O)NC(C)c4ccccc4)n3C)c(=O)n2c1. The molecule has 1 atom stereocenters. The second-order valence-corrected chi connectivity index (χ2v) is 6.78. The summed E-state index contributed by atoms with van der Waals surface area (Å²) in [6.45, 7) is 3.85. The maximum atomic E-state index is 12.8. The first-order valence-electron chi connectivity index (χ1n) is 8.80. The molecule has 6 heteroatoms. The minimum Gasteiger partial charge on any atom is -0.344 e. The van der Waals surface area contributed by atoms with E-state index >= 15 is 0 Å². The van der Waals surface area contributed by atoms with Crippen molar-refractivity contribution in [2.24, 2.45) is 7.05 Å². The summed E-state index contributed by atoms with van der Waals surface area (Å²) in [5.74, 6) is -0.239. The Morgan fingerprint density at radius 2 is 1.89 bits per heavy atom. The Bertz CT molecular complexity index is 1220. The lowest BCUT2D eigenvalue weighted by Crippen LogP contribution is -2.28. The quantitative estimate of drug-likeness (QED) is 0.611. The van der Waals surface area contributed by atoms with Gasteiger partial charge in [-0.3, -0.25) is 14.0 Å². The molecule has 3 heterocycles. The van der Waals surface area contributed by atoms with Crippen molar-refractivity contribution in [2.75, 3.05) is 0 Å². The van der Waals surface area contributed by atoms with E-state index in [-0.39, 0.29) is 17.5 Å². The van der Waals surface area contributed by atoms with Gasteiger partial charge in [0.2, 0.25) is 0 Å². The van der Waals surface area contributed by atoms with E-state index in [1.807, 2.05) is 50.2 Å². The lowest BCUT2D eigenvalue weighted by molar-refractivity contribution is 0.0932. The molecule has 6 nitrogen and oxygen atoms in total. The third-order valence-electron chi connectivity index (χ3n) is 4.83. The molecule has 4 rings (SSSR count). The minimum atomic E-state index is -0.239. The first-order valence-corrected chi connectivity index (χ1v) is 8.80. The molecule has 0 saturated carbocycles. The molecule has 136 valence electrons. The number of fused-ring (bicyclic) bond motifs is 2. The molecular formula is C21H20N4O2. The van der Waals surface area contributed by atoms with E-state index in [9.17, 15) is 9.59 Å². The Kier molecular flexibility index (Phi) is 4.03. The van der Waals surface area contributed by atoms with Gasteiger partial charge in [0.1, 0.15) is 17.0 Å². The van der Waals surface area contributed by atoms with Crippen LogP contribution in [0.5, 0.6) is 0 Å². The number of pyridine rings is 1. The molecule has 1 aromatic carbocycles. The first-order chi connectivity index (χ1) is 13.0. The normalized spacial score (nSPS) is 12.4. The topological polar surface area (TPSA) is 68.4 Å². The fourth-order valence-corrected chi connectivity index (χ4v) is 3.29. The standard InChI is InChI=1S/C21H20N4O2/c1-13-9-10-18-23-19-16(21(27)25(18)12-13)11-17(24(19)3)20(26)22-14(2)15-7-5-4-6-8-15/h4-12,14H,1-3H3,(H,22,26). The van der Waals surface area contributed by atoms with Crippen LogP contribution in [0.4, 0.5) is 0 Å². The van der Waals surface area contributed by atoms with Gasteiger partial charge in [-0.15, -0.1) is 0 Å². The fraction of sp³-hybridized carbons (Fsp3) is 0.190. The van der Waals surface area contributed by atoms with Gasteiger partial charge in [-0.2, -0.15) is 0 Å². The van der Waals surface area contributed by atoms with Crippen LogP contribution in [0.15, 0.2) is 59.5 Å². The van der Waals surface area contributed by atoms with Crippen LogP contribution < -0.4 is 10.9 Å². The molecule has 0 spiro atoms. The van der Waals surface area contributed by atoms with Crippen molar-refractivity contribution in [1.82, 2.24) is 19.3 Å². The summed E-state index contributed by atoms with van der Waals surface area (Å²) in [5.41, 5.74) is 3.28. The van der Waals surface area contributed by atoms with E-state index in [1.165, 1.54) is 4.40 Å². The third kappa shape index (κ3) is 2.89. The van der Waals surface area contributed by atoms with E-state index in [4.69, 9.17) is 0 Å². The van der Waals surface area contributed by atoms with E-state index < -0.39 is 0 Å². The van der Waals surface area contributed by atoms with Gasteiger partial charge >= 0.3 is 0 Å².